The number of nitrogens with zero attached hydrogens (tertiary/aromatic N) is 1. The molecule has 0 saturated heterocycles. The van der Waals surface area contributed by atoms with Crippen LogP contribution in [0.2, 0.25) is 0 Å². The van der Waals surface area contributed by atoms with E-state index in [9.17, 15) is 4.79 Å². The van der Waals surface area contributed by atoms with Gasteiger partial charge in [0.05, 0.1) is 24.6 Å². The smallest absolute Gasteiger partial charge is 0.258 e. The molecule has 1 heterocycles. The van der Waals surface area contributed by atoms with Crippen molar-refractivity contribution in [1.82, 2.24) is 15.3 Å². The van der Waals surface area contributed by atoms with E-state index in [4.69, 9.17) is 4.74 Å². The molecule has 0 aliphatic heterocycles. The molecule has 0 bridgehead atoms. The first kappa shape index (κ1) is 19.1. The number of aromatic nitrogens is 2. The van der Waals surface area contributed by atoms with Crippen molar-refractivity contribution in [2.45, 2.75) is 26.4 Å². The molecule has 3 rings (SSSR count). The third-order valence-electron chi connectivity index (χ3n) is 4.20. The van der Waals surface area contributed by atoms with Gasteiger partial charge in [-0.05, 0) is 48.0 Å². The number of hydrogen-bond acceptors (Lipinski definition) is 4. The van der Waals surface area contributed by atoms with Crippen molar-refractivity contribution in [1.29, 1.82) is 0 Å². The SMILES string of the molecule is COc1ccc(C)cc1[C@@H](C)NCc1nc2c(Br)cc(Br)cc2c(=O)[nH]1. The van der Waals surface area contributed by atoms with Crippen molar-refractivity contribution >= 4 is 42.8 Å². The minimum Gasteiger partial charge on any atom is -0.496 e. The molecular weight excluding hydrogens is 462 g/mol. The maximum Gasteiger partial charge on any atom is 0.258 e. The third-order valence-corrected chi connectivity index (χ3v) is 5.27. The minimum atomic E-state index is -0.158. The molecule has 0 spiro atoms. The first-order valence-corrected chi connectivity index (χ1v) is 9.73. The summed E-state index contributed by atoms with van der Waals surface area (Å²) in [7, 11) is 1.67. The Hall–Kier alpha value is -1.70. The standard InChI is InChI=1S/C19H19Br2N3O2/c1-10-4-5-16(26-3)13(6-10)11(2)22-9-17-23-18-14(19(25)24-17)7-12(20)8-15(18)21/h4-8,11,22H,9H2,1-3H3,(H,23,24,25)/t11-/m1/s1. The average molecular weight is 481 g/mol. The average Bonchev–Trinajstić information content (AvgIpc) is 2.60. The zero-order chi connectivity index (χ0) is 18.8. The summed E-state index contributed by atoms with van der Waals surface area (Å²) < 4.78 is 7.06. The van der Waals surface area contributed by atoms with Gasteiger partial charge in [0.2, 0.25) is 0 Å². The van der Waals surface area contributed by atoms with E-state index in [1.807, 2.05) is 25.1 Å². The number of halogens is 2. The Morgan fingerprint density at radius 1 is 1.27 bits per heavy atom. The maximum absolute atomic E-state index is 12.4. The van der Waals surface area contributed by atoms with Gasteiger partial charge in [0, 0.05) is 20.6 Å². The molecule has 0 amide bonds. The van der Waals surface area contributed by atoms with Gasteiger partial charge in [-0.25, -0.2) is 4.98 Å². The molecule has 136 valence electrons. The van der Waals surface area contributed by atoms with Crippen LogP contribution in [0.25, 0.3) is 10.9 Å². The number of aryl methyl sites for hydroxylation is 1. The predicted molar refractivity (Wildman–Crippen MR) is 111 cm³/mol. The van der Waals surface area contributed by atoms with Crippen molar-refractivity contribution in [3.8, 4) is 5.75 Å². The van der Waals surface area contributed by atoms with Crippen LogP contribution in [0.5, 0.6) is 5.75 Å². The number of rotatable bonds is 5. The number of methoxy groups -OCH3 is 1. The van der Waals surface area contributed by atoms with Crippen molar-refractivity contribution in [2.75, 3.05) is 7.11 Å². The van der Waals surface area contributed by atoms with Crippen molar-refractivity contribution in [2.24, 2.45) is 0 Å². The number of aromatic amines is 1. The highest BCUT2D eigenvalue weighted by atomic mass is 79.9. The number of nitrogens with one attached hydrogen (secondary N) is 2. The van der Waals surface area contributed by atoms with Crippen LogP contribution in [-0.2, 0) is 6.54 Å². The lowest BCUT2D eigenvalue weighted by Crippen LogP contribution is -2.22. The van der Waals surface area contributed by atoms with E-state index in [-0.39, 0.29) is 11.6 Å². The molecule has 2 aromatic carbocycles. The number of ether oxygens (including phenoxy) is 1. The van der Waals surface area contributed by atoms with Crippen LogP contribution in [-0.4, -0.2) is 17.1 Å². The Labute approximate surface area is 168 Å². The first-order chi connectivity index (χ1) is 12.4. The lowest BCUT2D eigenvalue weighted by atomic mass is 10.0. The summed E-state index contributed by atoms with van der Waals surface area (Å²) in [6, 6.07) is 9.77. The quantitative estimate of drug-likeness (QED) is 0.559. The molecule has 0 unspecified atom stereocenters. The van der Waals surface area contributed by atoms with Gasteiger partial charge < -0.3 is 15.0 Å². The molecule has 0 aliphatic carbocycles. The van der Waals surface area contributed by atoms with Crippen LogP contribution in [0.3, 0.4) is 0 Å². The van der Waals surface area contributed by atoms with Crippen LogP contribution in [0.4, 0.5) is 0 Å². The van der Waals surface area contributed by atoms with Crippen LogP contribution in [0, 0.1) is 6.92 Å². The summed E-state index contributed by atoms with van der Waals surface area (Å²) in [6.45, 7) is 4.54. The molecule has 26 heavy (non-hydrogen) atoms. The fourth-order valence-corrected chi connectivity index (χ4v) is 4.16. The Morgan fingerprint density at radius 3 is 2.77 bits per heavy atom. The number of benzene rings is 2. The summed E-state index contributed by atoms with van der Waals surface area (Å²) in [4.78, 5) is 19.8. The van der Waals surface area contributed by atoms with Crippen LogP contribution in [0.1, 0.15) is 29.9 Å². The van der Waals surface area contributed by atoms with Crippen molar-refractivity contribution in [3.63, 3.8) is 0 Å². The van der Waals surface area contributed by atoms with Crippen LogP contribution < -0.4 is 15.6 Å². The summed E-state index contributed by atoms with van der Waals surface area (Å²) in [5, 5.41) is 3.95. The van der Waals surface area contributed by atoms with Crippen molar-refractivity contribution < 1.29 is 4.74 Å². The van der Waals surface area contributed by atoms with E-state index in [0.29, 0.717) is 23.3 Å². The van der Waals surface area contributed by atoms with E-state index < -0.39 is 0 Å². The summed E-state index contributed by atoms with van der Waals surface area (Å²) in [6.07, 6.45) is 0. The number of hydrogen-bond donors (Lipinski definition) is 2. The fraction of sp³-hybridized carbons (Fsp3) is 0.263. The van der Waals surface area contributed by atoms with Gasteiger partial charge in [-0.3, -0.25) is 4.79 Å². The van der Waals surface area contributed by atoms with Gasteiger partial charge in [-0.15, -0.1) is 0 Å². The summed E-state index contributed by atoms with van der Waals surface area (Å²) >= 11 is 6.87. The molecule has 0 aliphatic rings. The molecule has 1 aromatic heterocycles. The molecule has 5 nitrogen and oxygen atoms in total. The monoisotopic (exact) mass is 479 g/mol. The van der Waals surface area contributed by atoms with E-state index >= 15 is 0 Å². The number of fused-ring (bicyclic) bond motifs is 1. The minimum absolute atomic E-state index is 0.0409. The maximum atomic E-state index is 12.4. The molecular formula is C19H19Br2N3O2. The number of H-pyrrole nitrogens is 1. The molecule has 1 atom stereocenters. The zero-order valence-electron chi connectivity index (χ0n) is 14.7. The second kappa shape index (κ2) is 7.90. The molecule has 0 fully saturated rings. The zero-order valence-corrected chi connectivity index (χ0v) is 17.9. The van der Waals surface area contributed by atoms with Gasteiger partial charge in [-0.1, -0.05) is 33.6 Å². The lowest BCUT2D eigenvalue weighted by molar-refractivity contribution is 0.401. The predicted octanol–water partition coefficient (Wildman–Crippen LogP) is 4.62. The molecule has 3 aromatic rings. The Kier molecular flexibility index (Phi) is 5.79. The molecule has 2 N–H and O–H groups in total. The highest BCUT2D eigenvalue weighted by Crippen LogP contribution is 2.27. The second-order valence-electron chi connectivity index (χ2n) is 6.14. The fourth-order valence-electron chi connectivity index (χ4n) is 2.85. The van der Waals surface area contributed by atoms with E-state index in [1.165, 1.54) is 5.56 Å². The van der Waals surface area contributed by atoms with Crippen LogP contribution >= 0.6 is 31.9 Å². The highest BCUT2D eigenvalue weighted by molar-refractivity contribution is 9.11. The molecule has 0 saturated carbocycles. The van der Waals surface area contributed by atoms with E-state index in [2.05, 4.69) is 60.1 Å². The molecule has 0 radical (unpaired) electrons. The van der Waals surface area contributed by atoms with Crippen molar-refractivity contribution in [3.05, 3.63) is 66.6 Å². The highest BCUT2D eigenvalue weighted by Gasteiger charge is 2.13. The first-order valence-electron chi connectivity index (χ1n) is 8.15. The molecule has 7 heteroatoms. The topological polar surface area (TPSA) is 67.0 Å². The largest absolute Gasteiger partial charge is 0.496 e. The van der Waals surface area contributed by atoms with Crippen LogP contribution in [0.15, 0.2) is 44.1 Å². The van der Waals surface area contributed by atoms with Gasteiger partial charge in [0.1, 0.15) is 11.6 Å². The normalized spacial score (nSPS) is 12.3. The van der Waals surface area contributed by atoms with E-state index in [1.54, 1.807) is 13.2 Å². The lowest BCUT2D eigenvalue weighted by Gasteiger charge is -2.18. The second-order valence-corrected chi connectivity index (χ2v) is 7.91. The summed E-state index contributed by atoms with van der Waals surface area (Å²) in [5.74, 6) is 1.42. The Morgan fingerprint density at radius 2 is 2.04 bits per heavy atom. The van der Waals surface area contributed by atoms with Gasteiger partial charge >= 0.3 is 0 Å². The van der Waals surface area contributed by atoms with Gasteiger partial charge in [-0.2, -0.15) is 0 Å². The van der Waals surface area contributed by atoms with Gasteiger partial charge in [0.15, 0.2) is 0 Å². The van der Waals surface area contributed by atoms with E-state index in [0.717, 1.165) is 20.3 Å². The Balaban J connectivity index is 1.86. The summed E-state index contributed by atoms with van der Waals surface area (Å²) in [5.41, 5.74) is 2.73. The Bertz CT molecular complexity index is 1020. The van der Waals surface area contributed by atoms with Gasteiger partial charge in [0.25, 0.3) is 5.56 Å². The third kappa shape index (κ3) is 4.00.